The molecule has 1 heterocycles. The topological polar surface area (TPSA) is 55.1 Å². The Labute approximate surface area is 119 Å². The highest BCUT2D eigenvalue weighted by molar-refractivity contribution is 7.10. The average molecular weight is 280 g/mol. The van der Waals surface area contributed by atoms with E-state index in [2.05, 4.69) is 12.2 Å². The number of thiophene rings is 1. The van der Waals surface area contributed by atoms with Crippen LogP contribution in [0.5, 0.6) is 0 Å². The molecule has 1 aromatic heterocycles. The first-order valence-corrected chi connectivity index (χ1v) is 8.16. The van der Waals surface area contributed by atoms with Crippen molar-refractivity contribution in [1.82, 2.24) is 5.32 Å². The number of nitrogens with one attached hydrogen (secondary N) is 1. The standard InChI is InChI=1S/C15H24N2OS/c1-11(12-7-4-2-3-5-8-12)17-15(18)14(16)13-9-6-10-19-13/h6,9-12,14H,2-5,7-8,16H2,1H3,(H,17,18)/t11-,14?/m1/s1. The molecule has 0 spiro atoms. The number of hydrogen-bond donors (Lipinski definition) is 2. The molecule has 3 nitrogen and oxygen atoms in total. The van der Waals surface area contributed by atoms with E-state index in [1.54, 1.807) is 0 Å². The van der Waals surface area contributed by atoms with Gasteiger partial charge in [0, 0.05) is 10.9 Å². The van der Waals surface area contributed by atoms with Gasteiger partial charge >= 0.3 is 0 Å². The van der Waals surface area contributed by atoms with Gasteiger partial charge < -0.3 is 11.1 Å². The van der Waals surface area contributed by atoms with Crippen LogP contribution in [0.4, 0.5) is 0 Å². The van der Waals surface area contributed by atoms with Crippen LogP contribution in [0.2, 0.25) is 0 Å². The Balaban J connectivity index is 1.87. The van der Waals surface area contributed by atoms with E-state index >= 15 is 0 Å². The van der Waals surface area contributed by atoms with Crippen LogP contribution in [0.25, 0.3) is 0 Å². The minimum Gasteiger partial charge on any atom is -0.352 e. The molecular formula is C15H24N2OS. The number of carbonyl (C=O) groups excluding carboxylic acids is 1. The van der Waals surface area contributed by atoms with E-state index in [-0.39, 0.29) is 11.9 Å². The lowest BCUT2D eigenvalue weighted by molar-refractivity contribution is -0.123. The quantitative estimate of drug-likeness (QED) is 0.832. The van der Waals surface area contributed by atoms with Gasteiger partial charge in [0.2, 0.25) is 5.91 Å². The maximum atomic E-state index is 12.2. The highest BCUT2D eigenvalue weighted by Crippen LogP contribution is 2.26. The Morgan fingerprint density at radius 3 is 2.63 bits per heavy atom. The SMILES string of the molecule is C[C@@H](NC(=O)C(N)c1cccs1)C1CCCCCC1. The molecule has 0 radical (unpaired) electrons. The van der Waals surface area contributed by atoms with Gasteiger partial charge in [-0.05, 0) is 37.1 Å². The smallest absolute Gasteiger partial charge is 0.242 e. The summed E-state index contributed by atoms with van der Waals surface area (Å²) in [4.78, 5) is 13.1. The highest BCUT2D eigenvalue weighted by Gasteiger charge is 2.23. The lowest BCUT2D eigenvalue weighted by Crippen LogP contribution is -2.42. The predicted molar refractivity (Wildman–Crippen MR) is 80.0 cm³/mol. The normalized spacial score (nSPS) is 20.5. The molecule has 0 aliphatic heterocycles. The highest BCUT2D eigenvalue weighted by atomic mass is 32.1. The van der Waals surface area contributed by atoms with Crippen LogP contribution in [0.15, 0.2) is 17.5 Å². The molecule has 1 aliphatic carbocycles. The first kappa shape index (κ1) is 14.5. The zero-order valence-corrected chi connectivity index (χ0v) is 12.4. The van der Waals surface area contributed by atoms with E-state index in [0.29, 0.717) is 5.92 Å². The summed E-state index contributed by atoms with van der Waals surface area (Å²) >= 11 is 1.54. The van der Waals surface area contributed by atoms with Crippen LogP contribution in [-0.4, -0.2) is 11.9 Å². The fraction of sp³-hybridized carbons (Fsp3) is 0.667. The number of carbonyl (C=O) groups is 1. The third-order valence-electron chi connectivity index (χ3n) is 4.11. The fourth-order valence-corrected chi connectivity index (χ4v) is 3.57. The zero-order chi connectivity index (χ0) is 13.7. The number of amides is 1. The molecule has 1 saturated carbocycles. The van der Waals surface area contributed by atoms with Gasteiger partial charge in [0.1, 0.15) is 6.04 Å². The van der Waals surface area contributed by atoms with E-state index in [9.17, 15) is 4.79 Å². The van der Waals surface area contributed by atoms with Gasteiger partial charge in [-0.15, -0.1) is 11.3 Å². The summed E-state index contributed by atoms with van der Waals surface area (Å²) in [5, 5.41) is 5.06. The van der Waals surface area contributed by atoms with E-state index in [1.165, 1.54) is 49.9 Å². The van der Waals surface area contributed by atoms with Crippen molar-refractivity contribution in [2.75, 3.05) is 0 Å². The molecule has 0 saturated heterocycles. The monoisotopic (exact) mass is 280 g/mol. The minimum atomic E-state index is -0.520. The molecule has 3 N–H and O–H groups in total. The predicted octanol–water partition coefficient (Wildman–Crippen LogP) is 3.22. The number of rotatable bonds is 4. The van der Waals surface area contributed by atoms with E-state index in [4.69, 9.17) is 5.73 Å². The minimum absolute atomic E-state index is 0.0424. The molecule has 1 aromatic rings. The van der Waals surface area contributed by atoms with Crippen molar-refractivity contribution < 1.29 is 4.79 Å². The largest absolute Gasteiger partial charge is 0.352 e. The lowest BCUT2D eigenvalue weighted by Gasteiger charge is -2.24. The van der Waals surface area contributed by atoms with Crippen molar-refractivity contribution in [3.8, 4) is 0 Å². The van der Waals surface area contributed by atoms with Gasteiger partial charge in [-0.1, -0.05) is 31.7 Å². The Morgan fingerprint density at radius 2 is 2.05 bits per heavy atom. The number of hydrogen-bond acceptors (Lipinski definition) is 3. The summed E-state index contributed by atoms with van der Waals surface area (Å²) in [6.45, 7) is 2.12. The molecule has 19 heavy (non-hydrogen) atoms. The summed E-state index contributed by atoms with van der Waals surface area (Å²) in [7, 11) is 0. The molecule has 4 heteroatoms. The maximum Gasteiger partial charge on any atom is 0.242 e. The Hall–Kier alpha value is -0.870. The molecule has 1 amide bonds. The first-order valence-electron chi connectivity index (χ1n) is 7.28. The van der Waals surface area contributed by atoms with Gasteiger partial charge in [-0.3, -0.25) is 4.79 Å². The van der Waals surface area contributed by atoms with Crippen LogP contribution in [0, 0.1) is 5.92 Å². The van der Waals surface area contributed by atoms with Crippen LogP contribution in [0.3, 0.4) is 0 Å². The Morgan fingerprint density at radius 1 is 1.37 bits per heavy atom. The zero-order valence-electron chi connectivity index (χ0n) is 11.6. The van der Waals surface area contributed by atoms with Crippen LogP contribution >= 0.6 is 11.3 Å². The van der Waals surface area contributed by atoms with Gasteiger partial charge in [0.25, 0.3) is 0 Å². The van der Waals surface area contributed by atoms with E-state index in [1.807, 2.05) is 17.5 Å². The third-order valence-corrected chi connectivity index (χ3v) is 5.06. The molecule has 1 aliphatic rings. The first-order chi connectivity index (χ1) is 9.18. The van der Waals surface area contributed by atoms with E-state index in [0.717, 1.165) is 4.88 Å². The summed E-state index contributed by atoms with van der Waals surface area (Å²) in [6, 6.07) is 3.57. The molecule has 1 fully saturated rings. The van der Waals surface area contributed by atoms with Crippen molar-refractivity contribution in [1.29, 1.82) is 0 Å². The van der Waals surface area contributed by atoms with Crippen molar-refractivity contribution in [3.05, 3.63) is 22.4 Å². The molecule has 1 unspecified atom stereocenters. The maximum absolute atomic E-state index is 12.2. The van der Waals surface area contributed by atoms with Crippen molar-refractivity contribution in [3.63, 3.8) is 0 Å². The van der Waals surface area contributed by atoms with Crippen molar-refractivity contribution in [2.24, 2.45) is 11.7 Å². The average Bonchev–Trinajstić information content (AvgIpc) is 2.79. The van der Waals surface area contributed by atoms with Gasteiger partial charge in [-0.2, -0.15) is 0 Å². The summed E-state index contributed by atoms with van der Waals surface area (Å²) < 4.78 is 0. The fourth-order valence-electron chi connectivity index (χ4n) is 2.84. The molecule has 2 atom stereocenters. The van der Waals surface area contributed by atoms with Crippen molar-refractivity contribution in [2.45, 2.75) is 57.5 Å². The Kier molecular flexibility index (Phi) is 5.40. The van der Waals surface area contributed by atoms with Crippen LogP contribution in [-0.2, 0) is 4.79 Å². The Bertz CT molecular complexity index is 383. The molecular weight excluding hydrogens is 256 g/mol. The van der Waals surface area contributed by atoms with Crippen LogP contribution < -0.4 is 11.1 Å². The second-order valence-corrected chi connectivity index (χ2v) is 6.52. The van der Waals surface area contributed by atoms with Gasteiger partial charge in [-0.25, -0.2) is 0 Å². The summed E-state index contributed by atoms with van der Waals surface area (Å²) in [5.41, 5.74) is 5.99. The molecule has 0 bridgehead atoms. The second kappa shape index (κ2) is 7.06. The molecule has 106 valence electrons. The lowest BCUT2D eigenvalue weighted by atomic mass is 9.93. The number of nitrogens with two attached hydrogens (primary N) is 1. The molecule has 0 aromatic carbocycles. The van der Waals surface area contributed by atoms with Crippen LogP contribution in [0.1, 0.15) is 56.4 Å². The van der Waals surface area contributed by atoms with E-state index < -0.39 is 6.04 Å². The van der Waals surface area contributed by atoms with Gasteiger partial charge in [0.15, 0.2) is 0 Å². The summed E-state index contributed by atoms with van der Waals surface area (Å²) in [5.74, 6) is 0.571. The van der Waals surface area contributed by atoms with Crippen molar-refractivity contribution >= 4 is 17.2 Å². The third kappa shape index (κ3) is 4.05. The summed E-state index contributed by atoms with van der Waals surface area (Å²) in [6.07, 6.45) is 7.73. The molecule has 2 rings (SSSR count). The second-order valence-electron chi connectivity index (χ2n) is 5.54. The van der Waals surface area contributed by atoms with Gasteiger partial charge in [0.05, 0.1) is 0 Å².